The summed E-state index contributed by atoms with van der Waals surface area (Å²) in [5.41, 5.74) is 6.94. The van der Waals surface area contributed by atoms with Crippen LogP contribution in [-0.4, -0.2) is 57.5 Å². The quantitative estimate of drug-likeness (QED) is 0.0412. The molecule has 5 rings (SSSR count). The zero-order chi connectivity index (χ0) is 38.0. The van der Waals surface area contributed by atoms with Crippen molar-refractivity contribution < 1.29 is 42.8 Å². The first kappa shape index (κ1) is 38.1. The molecule has 4 aromatic rings. The van der Waals surface area contributed by atoms with Crippen LogP contribution in [0.3, 0.4) is 0 Å². The molecule has 9 heteroatoms. The molecular weight excluding hydrogens is 672 g/mol. The highest BCUT2D eigenvalue weighted by Crippen LogP contribution is 2.59. The summed E-state index contributed by atoms with van der Waals surface area (Å²) in [6, 6.07) is 28.2. The molecule has 1 aliphatic carbocycles. The number of allylic oxidation sites excluding steroid dienone is 1. The minimum atomic E-state index is -0.846. The fourth-order valence-electron chi connectivity index (χ4n) is 6.29. The van der Waals surface area contributed by atoms with Gasteiger partial charge in [-0.25, -0.2) is 14.4 Å². The number of carbonyl (C=O) groups excluding carboxylic acids is 3. The van der Waals surface area contributed by atoms with Crippen molar-refractivity contribution in [1.29, 1.82) is 0 Å². The topological polar surface area (TPSA) is 107 Å². The number of fused-ring (bicyclic) bond motifs is 3. The molecule has 0 saturated heterocycles. The Kier molecular flexibility index (Phi) is 12.5. The Labute approximate surface area is 310 Å². The van der Waals surface area contributed by atoms with Gasteiger partial charge in [0.1, 0.15) is 56.9 Å². The molecule has 274 valence electrons. The number of hydrogen-bond acceptors (Lipinski definition) is 9. The van der Waals surface area contributed by atoms with Gasteiger partial charge >= 0.3 is 17.9 Å². The molecule has 0 spiro atoms. The van der Waals surface area contributed by atoms with E-state index in [1.165, 1.54) is 6.08 Å². The molecule has 0 amide bonds. The molecular formula is C44H44O9. The lowest BCUT2D eigenvalue weighted by atomic mass is 9.67. The van der Waals surface area contributed by atoms with Crippen molar-refractivity contribution in [3.63, 3.8) is 0 Å². The molecule has 0 fully saturated rings. The van der Waals surface area contributed by atoms with Gasteiger partial charge < -0.3 is 28.4 Å². The molecule has 1 aliphatic rings. The lowest BCUT2D eigenvalue weighted by Crippen LogP contribution is -2.29. The van der Waals surface area contributed by atoms with E-state index in [0.717, 1.165) is 38.9 Å². The van der Waals surface area contributed by atoms with Crippen LogP contribution >= 0.6 is 0 Å². The van der Waals surface area contributed by atoms with E-state index >= 15 is 0 Å². The molecule has 0 aliphatic heterocycles. The van der Waals surface area contributed by atoms with Crippen LogP contribution in [0.25, 0.3) is 11.1 Å². The summed E-state index contributed by atoms with van der Waals surface area (Å²) in [5, 5.41) is 0. The fraction of sp³-hybridized carbons (Fsp3) is 0.250. The first-order valence-electron chi connectivity index (χ1n) is 17.4. The van der Waals surface area contributed by atoms with Crippen LogP contribution in [0.4, 0.5) is 0 Å². The molecule has 53 heavy (non-hydrogen) atoms. The summed E-state index contributed by atoms with van der Waals surface area (Å²) in [6.45, 7) is 15.0. The zero-order valence-corrected chi connectivity index (χ0v) is 30.6. The van der Waals surface area contributed by atoms with Gasteiger partial charge in [0.2, 0.25) is 0 Å². The molecule has 9 nitrogen and oxygen atoms in total. The maximum Gasteiger partial charge on any atom is 0.333 e. The molecule has 0 unspecified atom stereocenters. The Morgan fingerprint density at radius 3 is 1.70 bits per heavy atom. The summed E-state index contributed by atoms with van der Waals surface area (Å²) < 4.78 is 34.0. The lowest BCUT2D eigenvalue weighted by molar-refractivity contribution is -0.140. The summed E-state index contributed by atoms with van der Waals surface area (Å²) in [7, 11) is 0. The number of esters is 3. The predicted molar refractivity (Wildman–Crippen MR) is 202 cm³/mol. The van der Waals surface area contributed by atoms with E-state index in [0.29, 0.717) is 28.4 Å². The van der Waals surface area contributed by atoms with E-state index in [-0.39, 0.29) is 39.6 Å². The van der Waals surface area contributed by atoms with Crippen LogP contribution in [-0.2, 0) is 34.0 Å². The van der Waals surface area contributed by atoms with Crippen molar-refractivity contribution in [2.24, 2.45) is 0 Å². The monoisotopic (exact) mass is 716 g/mol. The number of carbonyl (C=O) groups is 3. The number of rotatable bonds is 17. The van der Waals surface area contributed by atoms with Gasteiger partial charge in [-0.15, -0.1) is 0 Å². The molecule has 0 atom stereocenters. The number of aryl methyl sites for hydroxylation is 1. The average molecular weight is 717 g/mol. The van der Waals surface area contributed by atoms with E-state index < -0.39 is 23.3 Å². The molecule has 0 heterocycles. The van der Waals surface area contributed by atoms with Gasteiger partial charge in [0.15, 0.2) is 0 Å². The maximum absolute atomic E-state index is 12.0. The first-order chi connectivity index (χ1) is 25.6. The van der Waals surface area contributed by atoms with Crippen LogP contribution in [0.2, 0.25) is 0 Å². The zero-order valence-electron chi connectivity index (χ0n) is 30.6. The minimum absolute atomic E-state index is 0.0767. The third-order valence-corrected chi connectivity index (χ3v) is 8.60. The van der Waals surface area contributed by atoms with Gasteiger partial charge in [-0.3, -0.25) is 0 Å². The van der Waals surface area contributed by atoms with Crippen molar-refractivity contribution in [3.05, 3.63) is 149 Å². The van der Waals surface area contributed by atoms with Gasteiger partial charge in [0, 0.05) is 22.8 Å². The van der Waals surface area contributed by atoms with Crippen molar-refractivity contribution in [3.8, 4) is 28.4 Å². The molecule has 0 N–H and O–H groups in total. The van der Waals surface area contributed by atoms with Crippen molar-refractivity contribution >= 4 is 17.9 Å². The second-order valence-corrected chi connectivity index (χ2v) is 12.6. The Hall–Kier alpha value is -6.09. The second-order valence-electron chi connectivity index (χ2n) is 12.6. The van der Waals surface area contributed by atoms with Crippen molar-refractivity contribution in [1.82, 2.24) is 0 Å². The van der Waals surface area contributed by atoms with Gasteiger partial charge in [-0.1, -0.05) is 79.4 Å². The maximum atomic E-state index is 12.0. The highest BCUT2D eigenvalue weighted by Gasteiger charge is 2.48. The molecule has 0 aromatic heterocycles. The first-order valence-corrected chi connectivity index (χ1v) is 17.4. The summed E-state index contributed by atoms with van der Waals surface area (Å²) >= 11 is 0. The molecule has 0 bridgehead atoms. The standard InChI is InChI=1S/C44H44O9/c1-7-9-40(45)51-25-24-50-39-11-8-10-36-37-28-31(6)12-21-38(37)44(41(36)39,32-13-17-34(18-14-32)48-22-26-52-42(46)29(2)3)33-15-19-35(20-16-33)49-23-27-53-43(47)30(4)5/h7-21,28H,2,4,22-27H2,1,3,5-6H3. The Bertz CT molecular complexity index is 1930. The third kappa shape index (κ3) is 8.69. The Morgan fingerprint density at radius 1 is 0.642 bits per heavy atom. The Balaban J connectivity index is 1.55. The van der Waals surface area contributed by atoms with Crippen LogP contribution in [0.5, 0.6) is 17.2 Å². The van der Waals surface area contributed by atoms with Gasteiger partial charge in [-0.2, -0.15) is 0 Å². The largest absolute Gasteiger partial charge is 0.490 e. The molecule has 0 radical (unpaired) electrons. The highest BCUT2D eigenvalue weighted by molar-refractivity contribution is 5.89. The van der Waals surface area contributed by atoms with Gasteiger partial charge in [-0.05, 0) is 85.8 Å². The van der Waals surface area contributed by atoms with E-state index in [2.05, 4.69) is 44.3 Å². The van der Waals surface area contributed by atoms with Crippen LogP contribution < -0.4 is 14.2 Å². The van der Waals surface area contributed by atoms with Gasteiger partial charge in [0.25, 0.3) is 0 Å². The third-order valence-electron chi connectivity index (χ3n) is 8.60. The van der Waals surface area contributed by atoms with Crippen molar-refractivity contribution in [2.45, 2.75) is 33.1 Å². The number of ether oxygens (including phenoxy) is 6. The molecule has 0 saturated carbocycles. The summed E-state index contributed by atoms with van der Waals surface area (Å²) in [4.78, 5) is 35.6. The second kappa shape index (κ2) is 17.4. The van der Waals surface area contributed by atoms with Crippen molar-refractivity contribution in [2.75, 3.05) is 39.6 Å². The smallest absolute Gasteiger partial charge is 0.333 e. The van der Waals surface area contributed by atoms with Crippen LogP contribution in [0.1, 0.15) is 48.6 Å². The number of benzene rings is 4. The summed E-state index contributed by atoms with van der Waals surface area (Å²) in [5.74, 6) is 0.520. The van der Waals surface area contributed by atoms with E-state index in [1.807, 2.05) is 60.7 Å². The SMILES string of the molecule is C=C(C)C(=O)OCCOc1ccc(C2(c3ccc(OCCOC(=O)C(=C)C)cc3)c3ccc(C)cc3-c3cccc(OCCOC(=O)C=CC)c32)cc1. The highest BCUT2D eigenvalue weighted by atomic mass is 16.6. The van der Waals surface area contributed by atoms with E-state index in [9.17, 15) is 14.4 Å². The normalized spacial score (nSPS) is 12.3. The molecule has 4 aromatic carbocycles. The average Bonchev–Trinajstić information content (AvgIpc) is 3.44. The van der Waals surface area contributed by atoms with E-state index in [1.54, 1.807) is 26.8 Å². The minimum Gasteiger partial charge on any atom is -0.490 e. The van der Waals surface area contributed by atoms with Crippen LogP contribution in [0.15, 0.2) is 121 Å². The Morgan fingerprint density at radius 2 is 1.17 bits per heavy atom. The van der Waals surface area contributed by atoms with Gasteiger partial charge in [0.05, 0.1) is 5.41 Å². The number of hydrogen-bond donors (Lipinski definition) is 0. The summed E-state index contributed by atoms with van der Waals surface area (Å²) in [6.07, 6.45) is 3.00. The van der Waals surface area contributed by atoms with E-state index in [4.69, 9.17) is 28.4 Å². The van der Waals surface area contributed by atoms with Crippen LogP contribution in [0, 0.1) is 6.92 Å². The predicted octanol–water partition coefficient (Wildman–Crippen LogP) is 7.85. The fourth-order valence-corrected chi connectivity index (χ4v) is 6.29. The lowest BCUT2D eigenvalue weighted by Gasteiger charge is -2.35.